The molecule has 0 unspecified atom stereocenters. The van der Waals surface area contributed by atoms with Crippen LogP contribution in [-0.2, 0) is 0 Å². The molecule has 5 nitrogen and oxygen atoms in total. The molecule has 0 radical (unpaired) electrons. The van der Waals surface area contributed by atoms with E-state index in [1.54, 1.807) is 48.0 Å². The first-order chi connectivity index (χ1) is 15.0. The normalized spacial score (nSPS) is 10.7. The standard InChI is InChI=1S/C25H20ClN3O2/c1-16-8-6-7-11-21(16)25(31)27-24-22(18-9-4-3-5-10-18)23(30)17(2)28-29(24)20-14-12-19(26)13-15-20/h3-15H,1-2H3,(H,27,31). The Labute approximate surface area is 184 Å². The number of hydrogen-bond donors (Lipinski definition) is 1. The molecule has 0 fully saturated rings. The fourth-order valence-electron chi connectivity index (χ4n) is 3.40. The molecule has 31 heavy (non-hydrogen) atoms. The summed E-state index contributed by atoms with van der Waals surface area (Å²) in [5.41, 5.74) is 3.19. The van der Waals surface area contributed by atoms with Crippen molar-refractivity contribution in [3.63, 3.8) is 0 Å². The molecule has 4 rings (SSSR count). The maximum atomic E-state index is 13.2. The molecule has 1 amide bonds. The van der Waals surface area contributed by atoms with Crippen LogP contribution < -0.4 is 10.7 Å². The van der Waals surface area contributed by atoms with Crippen molar-refractivity contribution in [2.45, 2.75) is 13.8 Å². The van der Waals surface area contributed by atoms with Crippen LogP contribution in [0.4, 0.5) is 5.82 Å². The molecular weight excluding hydrogens is 410 g/mol. The van der Waals surface area contributed by atoms with Crippen LogP contribution in [0.15, 0.2) is 83.7 Å². The van der Waals surface area contributed by atoms with Gasteiger partial charge in [0.25, 0.3) is 5.91 Å². The average molecular weight is 430 g/mol. The largest absolute Gasteiger partial charge is 0.306 e. The van der Waals surface area contributed by atoms with E-state index in [0.717, 1.165) is 5.56 Å². The quantitative estimate of drug-likeness (QED) is 0.471. The van der Waals surface area contributed by atoms with E-state index in [1.807, 2.05) is 49.4 Å². The SMILES string of the molecule is Cc1ccccc1C(=O)Nc1c(-c2ccccc2)c(=O)c(C)nn1-c1ccc(Cl)cc1. The number of carbonyl (C=O) groups excluding carboxylic acids is 1. The van der Waals surface area contributed by atoms with Gasteiger partial charge in [0.2, 0.25) is 5.43 Å². The zero-order valence-corrected chi connectivity index (χ0v) is 17.9. The predicted molar refractivity (Wildman–Crippen MR) is 124 cm³/mol. The van der Waals surface area contributed by atoms with Crippen molar-refractivity contribution >= 4 is 23.3 Å². The lowest BCUT2D eigenvalue weighted by Gasteiger charge is -2.19. The molecule has 3 aromatic carbocycles. The molecule has 0 aliphatic carbocycles. The van der Waals surface area contributed by atoms with Gasteiger partial charge in [-0.3, -0.25) is 9.59 Å². The molecule has 4 aromatic rings. The second-order valence-electron chi connectivity index (χ2n) is 7.16. The Balaban J connectivity index is 1.97. The molecule has 0 saturated carbocycles. The third-order valence-corrected chi connectivity index (χ3v) is 5.26. The fourth-order valence-corrected chi connectivity index (χ4v) is 3.53. The summed E-state index contributed by atoms with van der Waals surface area (Å²) in [7, 11) is 0. The van der Waals surface area contributed by atoms with Gasteiger partial charge in [-0.25, -0.2) is 4.68 Å². The van der Waals surface area contributed by atoms with Gasteiger partial charge in [-0.2, -0.15) is 5.10 Å². The summed E-state index contributed by atoms with van der Waals surface area (Å²) in [6, 6.07) is 23.6. The van der Waals surface area contributed by atoms with Gasteiger partial charge in [0.15, 0.2) is 0 Å². The lowest BCUT2D eigenvalue weighted by Crippen LogP contribution is -2.25. The van der Waals surface area contributed by atoms with E-state index < -0.39 is 0 Å². The van der Waals surface area contributed by atoms with E-state index in [0.29, 0.717) is 38.9 Å². The molecule has 0 aliphatic rings. The third kappa shape index (κ3) is 4.13. The summed E-state index contributed by atoms with van der Waals surface area (Å²) >= 11 is 6.05. The van der Waals surface area contributed by atoms with E-state index in [1.165, 1.54) is 0 Å². The summed E-state index contributed by atoms with van der Waals surface area (Å²) in [5, 5.41) is 8.00. The van der Waals surface area contributed by atoms with Crippen LogP contribution in [0.25, 0.3) is 16.8 Å². The smallest absolute Gasteiger partial charge is 0.257 e. The van der Waals surface area contributed by atoms with Crippen LogP contribution in [0.3, 0.4) is 0 Å². The minimum absolute atomic E-state index is 0.239. The number of aromatic nitrogens is 2. The summed E-state index contributed by atoms with van der Waals surface area (Å²) in [5.74, 6) is -0.0135. The predicted octanol–water partition coefficient (Wildman–Crippen LogP) is 5.42. The van der Waals surface area contributed by atoms with Crippen molar-refractivity contribution in [2.75, 3.05) is 5.32 Å². The fraction of sp³-hybridized carbons (Fsp3) is 0.0800. The second kappa shape index (κ2) is 8.58. The van der Waals surface area contributed by atoms with Crippen LogP contribution in [0.1, 0.15) is 21.6 Å². The molecule has 0 bridgehead atoms. The highest BCUT2D eigenvalue weighted by Crippen LogP contribution is 2.28. The van der Waals surface area contributed by atoms with Gasteiger partial charge in [-0.05, 0) is 55.3 Å². The number of hydrogen-bond acceptors (Lipinski definition) is 3. The van der Waals surface area contributed by atoms with E-state index in [2.05, 4.69) is 10.4 Å². The van der Waals surface area contributed by atoms with Crippen molar-refractivity contribution in [1.82, 2.24) is 9.78 Å². The Hall–Kier alpha value is -3.70. The van der Waals surface area contributed by atoms with Crippen LogP contribution in [-0.4, -0.2) is 15.7 Å². The van der Waals surface area contributed by atoms with Crippen molar-refractivity contribution in [2.24, 2.45) is 0 Å². The number of benzene rings is 3. The first kappa shape index (κ1) is 20.6. The van der Waals surface area contributed by atoms with E-state index >= 15 is 0 Å². The number of nitrogens with zero attached hydrogens (tertiary/aromatic N) is 2. The number of anilines is 1. The first-order valence-corrected chi connectivity index (χ1v) is 10.2. The van der Waals surface area contributed by atoms with Gasteiger partial charge < -0.3 is 5.32 Å². The topological polar surface area (TPSA) is 64.0 Å². The Bertz CT molecular complexity index is 1310. The Kier molecular flexibility index (Phi) is 5.69. The molecule has 0 saturated heterocycles. The highest BCUT2D eigenvalue weighted by Gasteiger charge is 2.21. The Morgan fingerprint density at radius 1 is 0.903 bits per heavy atom. The van der Waals surface area contributed by atoms with Crippen LogP contribution in [0, 0.1) is 13.8 Å². The Morgan fingerprint density at radius 3 is 2.23 bits per heavy atom. The molecule has 154 valence electrons. The van der Waals surface area contributed by atoms with Crippen molar-refractivity contribution in [1.29, 1.82) is 0 Å². The lowest BCUT2D eigenvalue weighted by atomic mass is 10.0. The molecule has 0 atom stereocenters. The molecule has 6 heteroatoms. The number of rotatable bonds is 4. The van der Waals surface area contributed by atoms with Gasteiger partial charge >= 0.3 is 0 Å². The van der Waals surface area contributed by atoms with Gasteiger partial charge in [0.1, 0.15) is 11.5 Å². The molecule has 1 aromatic heterocycles. The van der Waals surface area contributed by atoms with E-state index in [9.17, 15) is 9.59 Å². The maximum Gasteiger partial charge on any atom is 0.257 e. The van der Waals surface area contributed by atoms with Crippen molar-refractivity contribution < 1.29 is 4.79 Å². The van der Waals surface area contributed by atoms with Crippen LogP contribution in [0.5, 0.6) is 0 Å². The van der Waals surface area contributed by atoms with Crippen molar-refractivity contribution in [3.05, 3.63) is 111 Å². The van der Waals surface area contributed by atoms with E-state index in [-0.39, 0.29) is 11.3 Å². The highest BCUT2D eigenvalue weighted by atomic mass is 35.5. The number of halogens is 1. The average Bonchev–Trinajstić information content (AvgIpc) is 2.78. The van der Waals surface area contributed by atoms with Crippen LogP contribution >= 0.6 is 11.6 Å². The first-order valence-electron chi connectivity index (χ1n) is 9.78. The molecular formula is C25H20ClN3O2. The minimum Gasteiger partial charge on any atom is -0.306 e. The number of carbonyl (C=O) groups is 1. The zero-order chi connectivity index (χ0) is 22.0. The number of nitrogens with one attached hydrogen (secondary N) is 1. The van der Waals surface area contributed by atoms with Gasteiger partial charge in [-0.1, -0.05) is 60.1 Å². The van der Waals surface area contributed by atoms with E-state index in [4.69, 9.17) is 11.6 Å². The summed E-state index contributed by atoms with van der Waals surface area (Å²) in [6.45, 7) is 3.53. The molecule has 0 aliphatic heterocycles. The number of amides is 1. The van der Waals surface area contributed by atoms with Gasteiger partial charge in [0.05, 0.1) is 11.3 Å². The molecule has 1 heterocycles. The molecule has 0 spiro atoms. The third-order valence-electron chi connectivity index (χ3n) is 5.01. The monoisotopic (exact) mass is 429 g/mol. The van der Waals surface area contributed by atoms with Gasteiger partial charge in [-0.15, -0.1) is 0 Å². The summed E-state index contributed by atoms with van der Waals surface area (Å²) < 4.78 is 1.57. The summed E-state index contributed by atoms with van der Waals surface area (Å²) in [4.78, 5) is 26.3. The maximum absolute atomic E-state index is 13.2. The highest BCUT2D eigenvalue weighted by molar-refractivity contribution is 6.30. The molecule has 1 N–H and O–H groups in total. The second-order valence-corrected chi connectivity index (χ2v) is 7.60. The number of aryl methyl sites for hydroxylation is 2. The minimum atomic E-state index is -0.317. The summed E-state index contributed by atoms with van der Waals surface area (Å²) in [6.07, 6.45) is 0. The lowest BCUT2D eigenvalue weighted by molar-refractivity contribution is 0.102. The van der Waals surface area contributed by atoms with Gasteiger partial charge in [0, 0.05) is 10.6 Å². The Morgan fingerprint density at radius 2 is 1.55 bits per heavy atom. The van der Waals surface area contributed by atoms with Crippen molar-refractivity contribution in [3.8, 4) is 16.8 Å². The van der Waals surface area contributed by atoms with Crippen LogP contribution in [0.2, 0.25) is 5.02 Å². The zero-order valence-electron chi connectivity index (χ0n) is 17.1.